The minimum Gasteiger partial charge on any atom is -0.502 e. The van der Waals surface area contributed by atoms with Crippen LogP contribution in [-0.2, 0) is 30.5 Å². The fourth-order valence-electron chi connectivity index (χ4n) is 10.4. The van der Waals surface area contributed by atoms with E-state index >= 15 is 8.78 Å². The first-order valence-electron chi connectivity index (χ1n) is 23.4. The molecule has 17 nitrogen and oxygen atoms in total. The smallest absolute Gasteiger partial charge is 0.502 e. The number of aromatic hydroxyl groups is 1. The monoisotopic (exact) mass is 1050 g/mol. The number of methoxy groups -OCH3 is 1. The van der Waals surface area contributed by atoms with Gasteiger partial charge in [-0.3, -0.25) is 38.5 Å². The molecule has 22 heteroatoms. The van der Waals surface area contributed by atoms with E-state index in [0.717, 1.165) is 39.7 Å². The van der Waals surface area contributed by atoms with Crippen molar-refractivity contribution >= 4 is 41.5 Å². The van der Waals surface area contributed by atoms with Crippen molar-refractivity contribution in [2.75, 3.05) is 63.4 Å². The highest BCUT2D eigenvalue weighted by molar-refractivity contribution is 7.98. The van der Waals surface area contributed by atoms with Gasteiger partial charge in [-0.15, -0.1) is 23.5 Å². The summed E-state index contributed by atoms with van der Waals surface area (Å²) in [5, 5.41) is 14.4. The predicted octanol–water partition coefficient (Wildman–Crippen LogP) is 6.54. The van der Waals surface area contributed by atoms with E-state index in [1.807, 2.05) is 64.6 Å². The molecule has 0 spiro atoms. The number of carbonyl (C=O) groups is 3. The van der Waals surface area contributed by atoms with Crippen LogP contribution in [0.5, 0.6) is 11.5 Å². The Hall–Kier alpha value is -7.40. The Morgan fingerprint density at radius 3 is 1.80 bits per heavy atom. The minimum atomic E-state index is -0.993. The third-order valence-electron chi connectivity index (χ3n) is 13.9. The van der Waals surface area contributed by atoms with Crippen LogP contribution in [0.15, 0.2) is 117 Å². The molecule has 6 aliphatic rings. The van der Waals surface area contributed by atoms with Crippen molar-refractivity contribution in [1.29, 1.82) is 0 Å². The Morgan fingerprint density at radius 2 is 1.20 bits per heavy atom. The lowest BCUT2D eigenvalue weighted by Gasteiger charge is -2.51. The number of thioether (sulfide) groups is 2. The van der Waals surface area contributed by atoms with Gasteiger partial charge in [0, 0.05) is 70.0 Å². The van der Waals surface area contributed by atoms with Gasteiger partial charge in [0.1, 0.15) is 18.1 Å². The third-order valence-corrected chi connectivity index (χ3v) is 16.1. The molecule has 0 radical (unpaired) electrons. The van der Waals surface area contributed by atoms with Crippen LogP contribution in [0.3, 0.4) is 0 Å². The quantitative estimate of drug-likeness (QED) is 0.146. The van der Waals surface area contributed by atoms with Crippen LogP contribution in [0.2, 0.25) is 0 Å². The maximum absolute atomic E-state index is 15.6. The molecule has 74 heavy (non-hydrogen) atoms. The predicted molar refractivity (Wildman–Crippen MR) is 263 cm³/mol. The molecule has 0 saturated carbocycles. The van der Waals surface area contributed by atoms with Crippen LogP contribution >= 0.6 is 23.5 Å². The van der Waals surface area contributed by atoms with Crippen LogP contribution in [0, 0.1) is 24.4 Å². The molecule has 0 bridgehead atoms. The maximum Gasteiger partial charge on any atom is 0.510 e. The fraction of sp³-hybridized carbons (Fsp3) is 0.288. The van der Waals surface area contributed by atoms with Gasteiger partial charge in [0.05, 0.1) is 45.6 Å². The van der Waals surface area contributed by atoms with Gasteiger partial charge in [-0.2, -0.15) is 0 Å². The largest absolute Gasteiger partial charge is 0.510 e. The van der Waals surface area contributed by atoms with Crippen molar-refractivity contribution in [2.45, 2.75) is 52.6 Å². The zero-order chi connectivity index (χ0) is 51.5. The topological polar surface area (TPSA) is 175 Å². The highest BCUT2D eigenvalue weighted by atomic mass is 32.2. The maximum atomic E-state index is 15.6. The van der Waals surface area contributed by atoms with Gasteiger partial charge < -0.3 is 38.6 Å². The van der Waals surface area contributed by atoms with Crippen molar-refractivity contribution in [1.82, 2.24) is 19.2 Å². The number of amides is 2. The molecule has 6 aliphatic heterocycles. The summed E-state index contributed by atoms with van der Waals surface area (Å²) < 4.78 is 74.4. The van der Waals surface area contributed by atoms with Gasteiger partial charge in [0.2, 0.25) is 23.4 Å². The second kappa shape index (κ2) is 19.8. The van der Waals surface area contributed by atoms with Gasteiger partial charge in [-0.05, 0) is 52.9 Å². The summed E-state index contributed by atoms with van der Waals surface area (Å²) in [6, 6.07) is 23.1. The Bertz CT molecular complexity index is 3400. The van der Waals surface area contributed by atoms with Crippen LogP contribution < -0.4 is 25.6 Å². The Labute approximate surface area is 428 Å². The SMILES string of the molecule is COC(=O)OCOc1c2n(ccc1=O)N([C@@H]1c3ccccc3SCc3c1ccc(C)c3F)[C@@H]1COCCN1C2=O.O=C1c2c(O)c(=O)ccn2N([C@@H]2c3ccccc3SCc3c2ccc(F)c3F)[C@@H]2COCCN12. The number of halogens is 3. The second-order valence-corrected chi connectivity index (χ2v) is 19.8. The molecule has 1 N–H and O–H groups in total. The lowest BCUT2D eigenvalue weighted by Crippen LogP contribution is -2.66. The van der Waals surface area contributed by atoms with E-state index in [-0.39, 0.29) is 60.6 Å². The van der Waals surface area contributed by atoms with Crippen molar-refractivity contribution in [3.8, 4) is 11.5 Å². The van der Waals surface area contributed by atoms with Crippen LogP contribution in [0.25, 0.3) is 0 Å². The number of aromatic nitrogens is 2. The molecule has 12 rings (SSSR count). The first-order valence-corrected chi connectivity index (χ1v) is 25.4. The molecule has 2 aromatic heterocycles. The summed E-state index contributed by atoms with van der Waals surface area (Å²) in [4.78, 5) is 68.9. The number of ether oxygens (including phenoxy) is 5. The number of nitrogens with zero attached hydrogens (tertiary/aromatic N) is 6. The van der Waals surface area contributed by atoms with E-state index in [1.165, 1.54) is 41.0 Å². The molecule has 8 heterocycles. The van der Waals surface area contributed by atoms with Crippen LogP contribution in [0.4, 0.5) is 18.0 Å². The molecule has 2 saturated heterocycles. The number of carbonyl (C=O) groups excluding carboxylic acids is 3. The number of morpholine rings is 2. The van der Waals surface area contributed by atoms with Crippen molar-refractivity contribution < 1.29 is 56.3 Å². The molecule has 0 unspecified atom stereocenters. The summed E-state index contributed by atoms with van der Waals surface area (Å²) in [6.45, 7) is 2.64. The highest BCUT2D eigenvalue weighted by Gasteiger charge is 2.48. The van der Waals surface area contributed by atoms with Crippen molar-refractivity contribution in [3.05, 3.63) is 186 Å². The molecule has 6 aromatic rings. The number of rotatable bonds is 5. The average molecular weight is 1050 g/mol. The summed E-state index contributed by atoms with van der Waals surface area (Å²) in [7, 11) is 1.15. The lowest BCUT2D eigenvalue weighted by atomic mass is 9.92. The number of pyridine rings is 2. The molecule has 4 aromatic carbocycles. The Morgan fingerprint density at radius 1 is 0.676 bits per heavy atom. The number of hydrogen-bond acceptors (Lipinski definition) is 15. The van der Waals surface area contributed by atoms with Crippen LogP contribution in [-0.4, -0.2) is 108 Å². The van der Waals surface area contributed by atoms with E-state index in [9.17, 15) is 33.5 Å². The Balaban J connectivity index is 0.000000161. The molecule has 382 valence electrons. The Kier molecular flexibility index (Phi) is 13.1. The van der Waals surface area contributed by atoms with E-state index in [0.29, 0.717) is 35.7 Å². The normalized spacial score (nSPS) is 20.3. The highest BCUT2D eigenvalue weighted by Crippen LogP contribution is 2.47. The number of hydrogen-bond donors (Lipinski definition) is 1. The minimum absolute atomic E-state index is 0.0253. The molecule has 2 amide bonds. The van der Waals surface area contributed by atoms with E-state index in [4.69, 9.17) is 18.9 Å². The molecule has 2 fully saturated rings. The fourth-order valence-corrected chi connectivity index (χ4v) is 12.7. The molecular formula is C52H45F3N6O11S2. The molecule has 4 atom stereocenters. The first-order chi connectivity index (χ1) is 35.9. The zero-order valence-electron chi connectivity index (χ0n) is 39.6. The zero-order valence-corrected chi connectivity index (χ0v) is 41.2. The van der Waals surface area contributed by atoms with Gasteiger partial charge in [0.25, 0.3) is 11.8 Å². The first kappa shape index (κ1) is 48.8. The summed E-state index contributed by atoms with van der Waals surface area (Å²) in [6.07, 6.45) is 0.793. The summed E-state index contributed by atoms with van der Waals surface area (Å²) in [5.74, 6) is -3.27. The van der Waals surface area contributed by atoms with Crippen molar-refractivity contribution in [3.63, 3.8) is 0 Å². The standard InChI is InChI=1S/C28H26FN3O7S.C24H19F2N3O4S/c1-16-7-8-17-19(23(16)29)14-40-21-6-4-3-5-18(21)24(17)32-22-13-37-12-11-30(22)27(34)25-26(20(33)9-10-31(25)32)38-15-39-28(35)36-2;25-16-6-5-13-15(20(16)26)12-34-18-4-2-1-3-14(18)21(13)29-19-11-33-10-9-27(19)24(32)22-23(31)17(30)7-8-28(22)29/h3-10,22,24H,11-15H2,1-2H3;1-8,19,21,31H,9-12H2/t22-,24+;19-,21+/m11/s1. The van der Waals surface area contributed by atoms with Gasteiger partial charge in [0.15, 0.2) is 28.8 Å². The van der Waals surface area contributed by atoms with Gasteiger partial charge in [-0.1, -0.05) is 54.6 Å². The second-order valence-electron chi connectivity index (χ2n) is 17.8. The van der Waals surface area contributed by atoms with E-state index in [2.05, 4.69) is 4.74 Å². The lowest BCUT2D eigenvalue weighted by molar-refractivity contribution is -0.0209. The van der Waals surface area contributed by atoms with E-state index in [1.54, 1.807) is 45.3 Å². The van der Waals surface area contributed by atoms with E-state index < -0.39 is 77.4 Å². The van der Waals surface area contributed by atoms with Gasteiger partial charge in [-0.25, -0.2) is 18.0 Å². The van der Waals surface area contributed by atoms with Crippen molar-refractivity contribution in [2.24, 2.45) is 0 Å². The summed E-state index contributed by atoms with van der Waals surface area (Å²) >= 11 is 2.96. The number of benzene rings is 4. The summed E-state index contributed by atoms with van der Waals surface area (Å²) in [5.41, 5.74) is 3.00. The number of fused-ring (bicyclic) bond motifs is 8. The van der Waals surface area contributed by atoms with Crippen LogP contribution in [0.1, 0.15) is 72.0 Å². The molecule has 0 aliphatic carbocycles. The molecular weight excluding hydrogens is 1010 g/mol. The third kappa shape index (κ3) is 8.19. The van der Waals surface area contributed by atoms with Gasteiger partial charge >= 0.3 is 6.16 Å². The number of aryl methyl sites for hydroxylation is 1. The average Bonchev–Trinajstić information content (AvgIpc) is 3.72.